The quantitative estimate of drug-likeness (QED) is 0.529. The van der Waals surface area contributed by atoms with Crippen LogP contribution in [0.25, 0.3) is 0 Å². The Labute approximate surface area is 184 Å². The standard InChI is InChI=1S/C22H24N4O6/c1-13-9-17(5-7-19(13)25(29)30)21(27)23-11-16(4)24(12-15(23)3)22(28)18-6-8-20(26(31)32)14(2)10-18/h5-10,15-16H,11-12H2,1-4H3. The Morgan fingerprint density at radius 2 is 1.12 bits per heavy atom. The fourth-order valence-electron chi connectivity index (χ4n) is 4.01. The van der Waals surface area contributed by atoms with Gasteiger partial charge in [-0.25, -0.2) is 0 Å². The fraction of sp³-hybridized carbons (Fsp3) is 0.364. The molecule has 2 amide bonds. The molecule has 0 aromatic heterocycles. The third-order valence-electron chi connectivity index (χ3n) is 5.79. The van der Waals surface area contributed by atoms with Crippen LogP contribution in [0.3, 0.4) is 0 Å². The number of rotatable bonds is 4. The van der Waals surface area contributed by atoms with Crippen molar-refractivity contribution in [3.8, 4) is 0 Å². The average Bonchev–Trinajstić information content (AvgIpc) is 2.73. The summed E-state index contributed by atoms with van der Waals surface area (Å²) >= 11 is 0. The van der Waals surface area contributed by atoms with E-state index in [2.05, 4.69) is 0 Å². The number of benzene rings is 2. The third-order valence-corrected chi connectivity index (χ3v) is 5.79. The molecule has 0 bridgehead atoms. The zero-order valence-electron chi connectivity index (χ0n) is 18.3. The summed E-state index contributed by atoms with van der Waals surface area (Å²) in [5.41, 5.74) is 1.44. The van der Waals surface area contributed by atoms with Gasteiger partial charge >= 0.3 is 0 Å². The first kappa shape index (κ1) is 22.9. The van der Waals surface area contributed by atoms with Crippen molar-refractivity contribution in [2.24, 2.45) is 0 Å². The molecule has 10 heteroatoms. The number of nitrogens with zero attached hydrogens (tertiary/aromatic N) is 4. The second-order valence-corrected chi connectivity index (χ2v) is 8.13. The number of nitro benzene ring substituents is 2. The predicted molar refractivity (Wildman–Crippen MR) is 117 cm³/mol. The lowest BCUT2D eigenvalue weighted by Crippen LogP contribution is -2.59. The van der Waals surface area contributed by atoms with Crippen molar-refractivity contribution < 1.29 is 19.4 Å². The maximum atomic E-state index is 13.1. The van der Waals surface area contributed by atoms with Crippen LogP contribution in [0.15, 0.2) is 36.4 Å². The molecule has 32 heavy (non-hydrogen) atoms. The van der Waals surface area contributed by atoms with Gasteiger partial charge in [-0.1, -0.05) is 0 Å². The number of piperazine rings is 1. The van der Waals surface area contributed by atoms with E-state index in [1.165, 1.54) is 36.4 Å². The first-order valence-electron chi connectivity index (χ1n) is 10.1. The molecule has 2 unspecified atom stereocenters. The molecule has 1 aliphatic heterocycles. The second kappa shape index (κ2) is 8.74. The zero-order chi connectivity index (χ0) is 23.7. The first-order valence-corrected chi connectivity index (χ1v) is 10.1. The Bertz CT molecular complexity index is 1030. The van der Waals surface area contributed by atoms with Crippen LogP contribution >= 0.6 is 0 Å². The van der Waals surface area contributed by atoms with Crippen LogP contribution in [0.5, 0.6) is 0 Å². The lowest BCUT2D eigenvalue weighted by Gasteiger charge is -2.44. The smallest absolute Gasteiger partial charge is 0.272 e. The van der Waals surface area contributed by atoms with Crippen LogP contribution in [0.2, 0.25) is 0 Å². The highest BCUT2D eigenvalue weighted by Crippen LogP contribution is 2.25. The zero-order valence-corrected chi connectivity index (χ0v) is 18.3. The van der Waals surface area contributed by atoms with E-state index in [0.717, 1.165) is 0 Å². The molecule has 168 valence electrons. The van der Waals surface area contributed by atoms with Gasteiger partial charge < -0.3 is 9.80 Å². The molecule has 1 saturated heterocycles. The van der Waals surface area contributed by atoms with Gasteiger partial charge in [0.1, 0.15) is 0 Å². The average molecular weight is 440 g/mol. The molecule has 2 aromatic carbocycles. The maximum Gasteiger partial charge on any atom is 0.272 e. The number of hydrogen-bond acceptors (Lipinski definition) is 6. The molecular weight excluding hydrogens is 416 g/mol. The van der Waals surface area contributed by atoms with Crippen molar-refractivity contribution in [1.82, 2.24) is 9.80 Å². The van der Waals surface area contributed by atoms with E-state index in [1.54, 1.807) is 23.6 Å². The van der Waals surface area contributed by atoms with E-state index in [-0.39, 0.29) is 35.3 Å². The monoisotopic (exact) mass is 440 g/mol. The minimum atomic E-state index is -0.488. The molecule has 1 heterocycles. The Morgan fingerprint density at radius 3 is 1.41 bits per heavy atom. The number of aryl methyl sites for hydroxylation is 2. The van der Waals surface area contributed by atoms with Crippen molar-refractivity contribution in [3.63, 3.8) is 0 Å². The van der Waals surface area contributed by atoms with Crippen LogP contribution in [0.1, 0.15) is 45.7 Å². The highest BCUT2D eigenvalue weighted by molar-refractivity contribution is 5.97. The van der Waals surface area contributed by atoms with Crippen LogP contribution in [-0.2, 0) is 0 Å². The lowest BCUT2D eigenvalue weighted by atomic mass is 10.0. The van der Waals surface area contributed by atoms with Crippen LogP contribution in [0.4, 0.5) is 11.4 Å². The molecule has 1 aliphatic rings. The van der Waals surface area contributed by atoms with Crippen LogP contribution < -0.4 is 0 Å². The second-order valence-electron chi connectivity index (χ2n) is 8.13. The number of carbonyl (C=O) groups is 2. The van der Waals surface area contributed by atoms with Gasteiger partial charge in [0.25, 0.3) is 23.2 Å². The van der Waals surface area contributed by atoms with Gasteiger partial charge in [-0.15, -0.1) is 0 Å². The summed E-state index contributed by atoms with van der Waals surface area (Å²) in [6, 6.07) is 8.00. The lowest BCUT2D eigenvalue weighted by molar-refractivity contribution is -0.385. The van der Waals surface area contributed by atoms with Crippen molar-refractivity contribution in [2.45, 2.75) is 39.8 Å². The maximum absolute atomic E-state index is 13.1. The third kappa shape index (κ3) is 4.29. The molecule has 1 fully saturated rings. The number of hydrogen-bond donors (Lipinski definition) is 0. The molecule has 2 atom stereocenters. The van der Waals surface area contributed by atoms with Gasteiger partial charge in [0.15, 0.2) is 0 Å². The van der Waals surface area contributed by atoms with E-state index < -0.39 is 9.85 Å². The summed E-state index contributed by atoms with van der Waals surface area (Å²) in [7, 11) is 0. The topological polar surface area (TPSA) is 127 Å². The molecule has 0 saturated carbocycles. The van der Waals surface area contributed by atoms with Gasteiger partial charge in [-0.05, 0) is 52.0 Å². The minimum absolute atomic E-state index is 0.0447. The van der Waals surface area contributed by atoms with Crippen molar-refractivity contribution >= 4 is 23.2 Å². The highest BCUT2D eigenvalue weighted by atomic mass is 16.6. The van der Waals surface area contributed by atoms with E-state index in [4.69, 9.17) is 0 Å². The molecule has 10 nitrogen and oxygen atoms in total. The minimum Gasteiger partial charge on any atom is -0.332 e. The summed E-state index contributed by atoms with van der Waals surface area (Å²) in [5, 5.41) is 22.1. The summed E-state index contributed by atoms with van der Waals surface area (Å²) < 4.78 is 0. The van der Waals surface area contributed by atoms with E-state index in [9.17, 15) is 29.8 Å². The number of amides is 2. The molecule has 0 radical (unpaired) electrons. The first-order chi connectivity index (χ1) is 15.0. The molecule has 0 aliphatic carbocycles. The largest absolute Gasteiger partial charge is 0.332 e. The highest BCUT2D eigenvalue weighted by Gasteiger charge is 2.35. The van der Waals surface area contributed by atoms with E-state index in [1.807, 2.05) is 13.8 Å². The van der Waals surface area contributed by atoms with E-state index in [0.29, 0.717) is 35.3 Å². The number of nitro groups is 2. The van der Waals surface area contributed by atoms with Crippen molar-refractivity contribution in [3.05, 3.63) is 78.9 Å². The molecular formula is C22H24N4O6. The summed E-state index contributed by atoms with van der Waals surface area (Å²) in [5.74, 6) is -0.499. The van der Waals surface area contributed by atoms with Gasteiger partial charge in [0, 0.05) is 59.6 Å². The van der Waals surface area contributed by atoms with E-state index >= 15 is 0 Å². The summed E-state index contributed by atoms with van der Waals surface area (Å²) in [4.78, 5) is 50.5. The summed E-state index contributed by atoms with van der Waals surface area (Å²) in [6.45, 7) is 7.45. The van der Waals surface area contributed by atoms with Crippen LogP contribution in [-0.4, -0.2) is 56.6 Å². The predicted octanol–water partition coefficient (Wildman–Crippen LogP) is 3.50. The van der Waals surface area contributed by atoms with Crippen molar-refractivity contribution in [1.29, 1.82) is 0 Å². The summed E-state index contributed by atoms with van der Waals surface area (Å²) in [6.07, 6.45) is 0. The fourth-order valence-corrected chi connectivity index (χ4v) is 4.01. The Balaban J connectivity index is 1.78. The molecule has 2 aromatic rings. The van der Waals surface area contributed by atoms with Crippen molar-refractivity contribution in [2.75, 3.05) is 13.1 Å². The Kier molecular flexibility index (Phi) is 6.24. The normalized spacial score (nSPS) is 18.4. The molecule has 3 rings (SSSR count). The van der Waals surface area contributed by atoms with Gasteiger partial charge in [0.05, 0.1) is 9.85 Å². The van der Waals surface area contributed by atoms with Gasteiger partial charge in [-0.3, -0.25) is 29.8 Å². The SMILES string of the molecule is Cc1cc(C(=O)N2CC(C)N(C(=O)c3ccc([N+](=O)[O-])c(C)c3)CC2C)ccc1[N+](=O)[O-]. The van der Waals surface area contributed by atoms with Gasteiger partial charge in [-0.2, -0.15) is 0 Å². The van der Waals surface area contributed by atoms with Gasteiger partial charge in [0.2, 0.25) is 0 Å². The molecule has 0 N–H and O–H groups in total. The Morgan fingerprint density at radius 1 is 0.781 bits per heavy atom. The number of carbonyl (C=O) groups excluding carboxylic acids is 2. The Hall–Kier alpha value is -3.82. The van der Waals surface area contributed by atoms with Crippen LogP contribution in [0, 0.1) is 34.1 Å². The molecule has 0 spiro atoms.